The van der Waals surface area contributed by atoms with Crippen molar-refractivity contribution in [1.82, 2.24) is 9.97 Å². The summed E-state index contributed by atoms with van der Waals surface area (Å²) in [6.45, 7) is 0. The second-order valence-electron chi connectivity index (χ2n) is 10.9. The lowest BCUT2D eigenvalue weighted by Crippen LogP contribution is -2.19. The number of isocyanates is 1. The molecule has 0 aliphatic heterocycles. The minimum atomic E-state index is -0.333. The van der Waals surface area contributed by atoms with Gasteiger partial charge in [-0.2, -0.15) is 4.99 Å². The molecule has 0 aliphatic rings. The largest absolute Gasteiger partial charge is 0.398 e. The number of nitrogens with two attached hydrogens (primary N) is 1. The van der Waals surface area contributed by atoms with E-state index in [2.05, 4.69) is 31.7 Å². The van der Waals surface area contributed by atoms with Crippen molar-refractivity contribution in [2.75, 3.05) is 16.4 Å². The molecular formula is C40H28Cl2N6O2S2. The van der Waals surface area contributed by atoms with Crippen LogP contribution in [0.15, 0.2) is 151 Å². The predicted molar refractivity (Wildman–Crippen MR) is 218 cm³/mol. The number of aliphatic imine (C=N–C) groups is 1. The Labute approximate surface area is 317 Å². The fraction of sp³-hybridized carbons (Fsp3) is 0. The summed E-state index contributed by atoms with van der Waals surface area (Å²) in [5.74, 6) is 0. The highest BCUT2D eigenvalue weighted by atomic mass is 35.5. The first kappa shape index (κ1) is 35.9. The smallest absolute Gasteiger partial charge is 0.323 e. The van der Waals surface area contributed by atoms with Crippen LogP contribution in [0.2, 0.25) is 10.0 Å². The lowest BCUT2D eigenvalue weighted by Gasteiger charge is -2.10. The Balaban J connectivity index is 0.000000151. The summed E-state index contributed by atoms with van der Waals surface area (Å²) in [5.41, 5.74) is 12.5. The van der Waals surface area contributed by atoms with Crippen LogP contribution in [0.1, 0.15) is 0 Å². The van der Waals surface area contributed by atoms with E-state index in [-0.39, 0.29) is 6.03 Å². The van der Waals surface area contributed by atoms with Gasteiger partial charge in [-0.05, 0) is 84.9 Å². The van der Waals surface area contributed by atoms with E-state index >= 15 is 0 Å². The van der Waals surface area contributed by atoms with Gasteiger partial charge >= 0.3 is 6.03 Å². The fourth-order valence-electron chi connectivity index (χ4n) is 4.89. The van der Waals surface area contributed by atoms with E-state index in [9.17, 15) is 9.59 Å². The summed E-state index contributed by atoms with van der Waals surface area (Å²) in [6, 6.07) is 45.0. The molecule has 256 valence electrons. The number of thiazole rings is 2. The lowest BCUT2D eigenvalue weighted by molar-refractivity contribution is 0.262. The van der Waals surface area contributed by atoms with Crippen LogP contribution in [0.3, 0.4) is 0 Å². The minimum Gasteiger partial charge on any atom is -0.398 e. The first-order valence-electron chi connectivity index (χ1n) is 15.7. The number of nitrogen functional groups attached to an aromatic ring is 1. The Kier molecular flexibility index (Phi) is 12.0. The zero-order valence-corrected chi connectivity index (χ0v) is 30.3. The minimum absolute atomic E-state index is 0.333. The maximum atomic E-state index is 12.4. The van der Waals surface area contributed by atoms with Crippen LogP contribution in [-0.4, -0.2) is 22.1 Å². The number of para-hydroxylation sites is 4. The summed E-state index contributed by atoms with van der Waals surface area (Å²) in [5, 5.41) is 8.66. The molecule has 0 saturated carbocycles. The van der Waals surface area contributed by atoms with Crippen LogP contribution in [0.5, 0.6) is 0 Å². The molecule has 2 amide bonds. The van der Waals surface area contributed by atoms with Gasteiger partial charge in [-0.15, -0.1) is 22.7 Å². The van der Waals surface area contributed by atoms with Crippen LogP contribution in [-0.2, 0) is 4.79 Å². The number of rotatable bonds is 5. The van der Waals surface area contributed by atoms with E-state index in [4.69, 9.17) is 28.9 Å². The van der Waals surface area contributed by atoms with Gasteiger partial charge in [0.15, 0.2) is 0 Å². The Morgan fingerprint density at radius 1 is 0.635 bits per heavy atom. The number of benzene rings is 6. The van der Waals surface area contributed by atoms with Gasteiger partial charge < -0.3 is 16.4 Å². The van der Waals surface area contributed by atoms with Gasteiger partial charge in [0, 0.05) is 32.5 Å². The number of urea groups is 1. The number of carbonyl (C=O) groups excluding carboxylic acids is 2. The normalized spacial score (nSPS) is 10.3. The standard InChI is InChI=1S/C20H14ClN3OS.C13H10N2S.C7H4ClNO/c21-13-6-5-7-14(12-13)22-20(25)24-16-9-2-1-8-15(16)19-23-17-10-3-4-11-18(17)26-19;14-10-6-2-1-5-9(10)13-15-11-7-3-4-8-12(11)16-13;8-6-2-1-3-7(4-6)9-5-10/h1-12H,(H2,22,24,25);1-8H,14H2;1-4H. The molecule has 52 heavy (non-hydrogen) atoms. The summed E-state index contributed by atoms with van der Waals surface area (Å²) in [6.07, 6.45) is 1.43. The van der Waals surface area contributed by atoms with Crippen LogP contribution < -0.4 is 16.4 Å². The highest BCUT2D eigenvalue weighted by Crippen LogP contribution is 2.35. The number of hydrogen-bond donors (Lipinski definition) is 3. The molecule has 12 heteroatoms. The summed E-state index contributed by atoms with van der Waals surface area (Å²) >= 11 is 14.8. The second-order valence-corrected chi connectivity index (χ2v) is 13.8. The van der Waals surface area contributed by atoms with Gasteiger partial charge in [0.2, 0.25) is 6.08 Å². The third-order valence-electron chi connectivity index (χ3n) is 7.25. The molecule has 8 rings (SSSR count). The number of fused-ring (bicyclic) bond motifs is 2. The van der Waals surface area contributed by atoms with E-state index in [0.717, 1.165) is 42.6 Å². The van der Waals surface area contributed by atoms with E-state index in [1.165, 1.54) is 10.8 Å². The second kappa shape index (κ2) is 17.4. The van der Waals surface area contributed by atoms with Crippen molar-refractivity contribution in [2.24, 2.45) is 4.99 Å². The molecule has 0 radical (unpaired) electrons. The molecule has 0 saturated heterocycles. The van der Waals surface area contributed by atoms with Gasteiger partial charge in [0.05, 0.1) is 31.8 Å². The average Bonchev–Trinajstić information content (AvgIpc) is 3.78. The monoisotopic (exact) mass is 758 g/mol. The van der Waals surface area contributed by atoms with Crippen molar-refractivity contribution in [3.8, 4) is 21.1 Å². The van der Waals surface area contributed by atoms with Crippen LogP contribution in [0.4, 0.5) is 27.5 Å². The molecule has 8 aromatic rings. The van der Waals surface area contributed by atoms with Crippen LogP contribution in [0.25, 0.3) is 41.6 Å². The van der Waals surface area contributed by atoms with Crippen molar-refractivity contribution >= 4 is 101 Å². The molecule has 0 atom stereocenters. The maximum Gasteiger partial charge on any atom is 0.323 e. The molecule has 0 unspecified atom stereocenters. The number of hydrogen-bond acceptors (Lipinski definition) is 8. The number of amides is 2. The molecule has 0 aliphatic carbocycles. The number of nitrogens with one attached hydrogen (secondary N) is 2. The number of anilines is 3. The Morgan fingerprint density at radius 3 is 1.81 bits per heavy atom. The highest BCUT2D eigenvalue weighted by molar-refractivity contribution is 7.22. The van der Waals surface area contributed by atoms with Gasteiger partial charge in [-0.3, -0.25) is 0 Å². The van der Waals surface area contributed by atoms with Gasteiger partial charge in [0.25, 0.3) is 0 Å². The summed E-state index contributed by atoms with van der Waals surface area (Å²) in [4.78, 5) is 34.8. The van der Waals surface area contributed by atoms with Gasteiger partial charge in [0.1, 0.15) is 10.0 Å². The maximum absolute atomic E-state index is 12.4. The topological polar surface area (TPSA) is 122 Å². The third kappa shape index (κ3) is 9.46. The lowest BCUT2D eigenvalue weighted by atomic mass is 10.2. The quantitative estimate of drug-likeness (QED) is 0.0916. The Bertz CT molecular complexity index is 2460. The molecule has 4 N–H and O–H groups in total. The SMILES string of the molecule is Nc1ccccc1-c1nc2ccccc2s1.O=C(Nc1cccc(Cl)c1)Nc1ccccc1-c1nc2ccccc2s1.O=C=Nc1cccc(Cl)c1. The van der Waals surface area contributed by atoms with Crippen molar-refractivity contribution in [1.29, 1.82) is 0 Å². The third-order valence-corrected chi connectivity index (χ3v) is 9.86. The average molecular weight is 760 g/mol. The number of halogens is 2. The zero-order valence-electron chi connectivity index (χ0n) is 27.2. The van der Waals surface area contributed by atoms with Gasteiger partial charge in [-0.1, -0.05) is 83.9 Å². The highest BCUT2D eigenvalue weighted by Gasteiger charge is 2.13. The van der Waals surface area contributed by atoms with Crippen molar-refractivity contribution in [2.45, 2.75) is 0 Å². The molecule has 2 aromatic heterocycles. The first-order valence-corrected chi connectivity index (χ1v) is 18.1. The molecular weight excluding hydrogens is 732 g/mol. The summed E-state index contributed by atoms with van der Waals surface area (Å²) < 4.78 is 2.31. The number of nitrogens with zero attached hydrogens (tertiary/aromatic N) is 3. The fourth-order valence-corrected chi connectivity index (χ4v) is 7.29. The molecule has 0 spiro atoms. The van der Waals surface area contributed by atoms with Crippen LogP contribution >= 0.6 is 45.9 Å². The molecule has 2 heterocycles. The van der Waals surface area contributed by atoms with E-state index in [1.807, 2.05) is 91.0 Å². The Morgan fingerprint density at radius 2 is 1.19 bits per heavy atom. The van der Waals surface area contributed by atoms with Crippen molar-refractivity contribution in [3.05, 3.63) is 156 Å². The number of aromatic nitrogens is 2. The predicted octanol–water partition coefficient (Wildman–Crippen LogP) is 12.1. The first-order chi connectivity index (χ1) is 25.4. The van der Waals surface area contributed by atoms with Crippen molar-refractivity contribution < 1.29 is 9.59 Å². The van der Waals surface area contributed by atoms with Crippen LogP contribution in [0, 0.1) is 0 Å². The van der Waals surface area contributed by atoms with E-state index in [1.54, 1.807) is 71.2 Å². The molecule has 8 nitrogen and oxygen atoms in total. The van der Waals surface area contributed by atoms with E-state index < -0.39 is 0 Å². The molecule has 0 bridgehead atoms. The molecule has 6 aromatic carbocycles. The van der Waals surface area contributed by atoms with Crippen molar-refractivity contribution in [3.63, 3.8) is 0 Å². The van der Waals surface area contributed by atoms with E-state index in [0.29, 0.717) is 27.1 Å². The summed E-state index contributed by atoms with van der Waals surface area (Å²) in [7, 11) is 0. The van der Waals surface area contributed by atoms with Gasteiger partial charge in [-0.25, -0.2) is 19.6 Å². The zero-order chi connectivity index (χ0) is 36.3. The number of carbonyl (C=O) groups is 1. The Hall–Kier alpha value is -5.87. The molecule has 0 fully saturated rings.